The van der Waals surface area contributed by atoms with E-state index in [0.29, 0.717) is 0 Å². The molecule has 0 aliphatic rings. The molecule has 98 valence electrons. The molecule has 0 atom stereocenters. The van der Waals surface area contributed by atoms with Crippen LogP contribution in [0.1, 0.15) is 46.1 Å². The molecule has 4 heteroatoms. The number of rotatable bonds is 3. The summed E-state index contributed by atoms with van der Waals surface area (Å²) in [4.78, 5) is 4.28. The second-order valence-corrected chi connectivity index (χ2v) is 6.49. The van der Waals surface area contributed by atoms with Crippen LogP contribution in [-0.2, 0) is 17.4 Å². The molecule has 4 nitrogen and oxygen atoms in total. The average Bonchev–Trinajstić information content (AvgIpc) is 2.83. The molecule has 0 aliphatic heterocycles. The molecule has 0 amide bonds. The van der Waals surface area contributed by atoms with Crippen molar-refractivity contribution in [1.82, 2.24) is 19.7 Å². The van der Waals surface area contributed by atoms with Gasteiger partial charge < -0.3 is 4.57 Å². The van der Waals surface area contributed by atoms with E-state index in [1.807, 2.05) is 0 Å². The van der Waals surface area contributed by atoms with Crippen molar-refractivity contribution in [3.8, 4) is 0 Å². The third kappa shape index (κ3) is 2.47. The molecular formula is C14H22N4. The van der Waals surface area contributed by atoms with Gasteiger partial charge in [0.25, 0.3) is 0 Å². The molecule has 1 N–H and O–H groups in total. The number of nitrogens with one attached hydrogen (secondary N) is 1. The highest BCUT2D eigenvalue weighted by molar-refractivity contribution is 5.17. The van der Waals surface area contributed by atoms with Gasteiger partial charge in [-0.05, 0) is 12.1 Å². The van der Waals surface area contributed by atoms with Crippen molar-refractivity contribution < 1.29 is 0 Å². The summed E-state index contributed by atoms with van der Waals surface area (Å²) < 4.78 is 2.31. The lowest BCUT2D eigenvalue weighted by atomic mass is 9.89. The Morgan fingerprint density at radius 1 is 1.22 bits per heavy atom. The molecule has 0 spiro atoms. The van der Waals surface area contributed by atoms with Gasteiger partial charge in [0.1, 0.15) is 12.2 Å². The summed E-state index contributed by atoms with van der Waals surface area (Å²) >= 11 is 0. The van der Waals surface area contributed by atoms with Gasteiger partial charge in [-0.2, -0.15) is 5.10 Å². The van der Waals surface area contributed by atoms with Gasteiger partial charge in [0, 0.05) is 29.3 Å². The fourth-order valence-electron chi connectivity index (χ4n) is 2.27. The maximum Gasteiger partial charge on any atom is 0.137 e. The summed E-state index contributed by atoms with van der Waals surface area (Å²) in [6, 6.07) is 4.30. The van der Waals surface area contributed by atoms with Gasteiger partial charge in [0.15, 0.2) is 0 Å². The van der Waals surface area contributed by atoms with Gasteiger partial charge in [0.05, 0.1) is 0 Å². The molecule has 2 aromatic rings. The first-order valence-corrected chi connectivity index (χ1v) is 6.32. The molecule has 18 heavy (non-hydrogen) atoms. The summed E-state index contributed by atoms with van der Waals surface area (Å²) in [5.74, 6) is 0.927. The minimum atomic E-state index is -0.0600. The van der Waals surface area contributed by atoms with Crippen LogP contribution in [0.2, 0.25) is 0 Å². The minimum absolute atomic E-state index is 0.0600. The highest BCUT2D eigenvalue weighted by Crippen LogP contribution is 2.27. The molecule has 2 rings (SSSR count). The van der Waals surface area contributed by atoms with Crippen LogP contribution in [0, 0.1) is 0 Å². The van der Waals surface area contributed by atoms with Crippen molar-refractivity contribution >= 4 is 0 Å². The fourth-order valence-corrected chi connectivity index (χ4v) is 2.27. The number of aromatic nitrogens is 4. The number of hydrogen-bond donors (Lipinski definition) is 1. The Kier molecular flexibility index (Phi) is 3.05. The normalized spacial score (nSPS) is 12.9. The zero-order chi connectivity index (χ0) is 13.4. The minimum Gasteiger partial charge on any atom is -0.350 e. The van der Waals surface area contributed by atoms with Gasteiger partial charge in [0.2, 0.25) is 0 Å². The number of H-pyrrole nitrogens is 1. The Balaban J connectivity index is 2.28. The maximum atomic E-state index is 4.28. The molecule has 2 heterocycles. The Bertz CT molecular complexity index is 500. The summed E-state index contributed by atoms with van der Waals surface area (Å²) in [5, 5.41) is 6.92. The van der Waals surface area contributed by atoms with Crippen molar-refractivity contribution in [3.05, 3.63) is 36.2 Å². The lowest BCUT2D eigenvalue weighted by Crippen LogP contribution is -2.28. The van der Waals surface area contributed by atoms with Gasteiger partial charge in [-0.1, -0.05) is 34.6 Å². The van der Waals surface area contributed by atoms with E-state index < -0.39 is 0 Å². The van der Waals surface area contributed by atoms with Crippen LogP contribution in [0.25, 0.3) is 0 Å². The molecule has 0 bridgehead atoms. The molecule has 0 radical (unpaired) electrons. The first kappa shape index (κ1) is 12.9. The van der Waals surface area contributed by atoms with Crippen LogP contribution >= 0.6 is 0 Å². The third-order valence-corrected chi connectivity index (χ3v) is 3.22. The second kappa shape index (κ2) is 4.26. The van der Waals surface area contributed by atoms with Crippen LogP contribution in [0.3, 0.4) is 0 Å². The molecule has 2 aromatic heterocycles. The number of hydrogen-bond acceptors (Lipinski definition) is 2. The summed E-state index contributed by atoms with van der Waals surface area (Å²) in [6.07, 6.45) is 3.70. The Morgan fingerprint density at radius 3 is 2.50 bits per heavy atom. The van der Waals surface area contributed by atoms with E-state index in [9.17, 15) is 0 Å². The van der Waals surface area contributed by atoms with Crippen molar-refractivity contribution in [2.75, 3.05) is 0 Å². The van der Waals surface area contributed by atoms with Crippen LogP contribution in [0.5, 0.6) is 0 Å². The second-order valence-electron chi connectivity index (χ2n) is 6.49. The van der Waals surface area contributed by atoms with E-state index in [4.69, 9.17) is 0 Å². The van der Waals surface area contributed by atoms with Crippen molar-refractivity contribution in [2.45, 2.75) is 52.0 Å². The van der Waals surface area contributed by atoms with E-state index >= 15 is 0 Å². The Morgan fingerprint density at radius 2 is 1.94 bits per heavy atom. The van der Waals surface area contributed by atoms with Gasteiger partial charge in [-0.3, -0.25) is 5.10 Å². The first-order chi connectivity index (χ1) is 8.31. The largest absolute Gasteiger partial charge is 0.350 e. The smallest absolute Gasteiger partial charge is 0.137 e. The lowest BCUT2D eigenvalue weighted by molar-refractivity contribution is 0.389. The SMILES string of the molecule is CC(C)(C)c1cccn1CC(C)(C)c1ncn[nH]1. The zero-order valence-electron chi connectivity index (χ0n) is 11.9. The summed E-state index contributed by atoms with van der Waals surface area (Å²) in [5.41, 5.74) is 1.44. The molecular weight excluding hydrogens is 224 g/mol. The number of aromatic amines is 1. The van der Waals surface area contributed by atoms with Crippen LogP contribution in [-0.4, -0.2) is 19.7 Å². The molecule has 0 saturated heterocycles. The van der Waals surface area contributed by atoms with Gasteiger partial charge in [-0.25, -0.2) is 4.98 Å². The van der Waals surface area contributed by atoms with Crippen LogP contribution in [0.4, 0.5) is 0 Å². The molecule has 0 saturated carbocycles. The monoisotopic (exact) mass is 246 g/mol. The maximum absolute atomic E-state index is 4.28. The van der Waals surface area contributed by atoms with Crippen molar-refractivity contribution in [2.24, 2.45) is 0 Å². The molecule has 0 fully saturated rings. The molecule has 0 aliphatic carbocycles. The van der Waals surface area contributed by atoms with Crippen molar-refractivity contribution in [3.63, 3.8) is 0 Å². The molecule has 0 aromatic carbocycles. The van der Waals surface area contributed by atoms with E-state index in [-0.39, 0.29) is 10.8 Å². The van der Waals surface area contributed by atoms with Crippen LogP contribution < -0.4 is 0 Å². The third-order valence-electron chi connectivity index (χ3n) is 3.22. The zero-order valence-corrected chi connectivity index (χ0v) is 11.9. The Labute approximate surface area is 108 Å². The van der Waals surface area contributed by atoms with E-state index in [1.165, 1.54) is 5.69 Å². The van der Waals surface area contributed by atoms with E-state index in [0.717, 1.165) is 12.4 Å². The van der Waals surface area contributed by atoms with E-state index in [1.54, 1.807) is 6.33 Å². The predicted molar refractivity (Wildman–Crippen MR) is 72.5 cm³/mol. The lowest BCUT2D eigenvalue weighted by Gasteiger charge is -2.28. The first-order valence-electron chi connectivity index (χ1n) is 6.32. The Hall–Kier alpha value is -1.58. The summed E-state index contributed by atoms with van der Waals surface area (Å²) in [6.45, 7) is 12.0. The highest BCUT2D eigenvalue weighted by atomic mass is 15.2. The standard InChI is InChI=1S/C14H22N4/c1-13(2,3)11-7-6-8-18(11)9-14(4,5)12-15-10-16-17-12/h6-8,10H,9H2,1-5H3,(H,15,16,17). The summed E-state index contributed by atoms with van der Waals surface area (Å²) in [7, 11) is 0. The fraction of sp³-hybridized carbons (Fsp3) is 0.571. The highest BCUT2D eigenvalue weighted by Gasteiger charge is 2.27. The molecule has 0 unspecified atom stereocenters. The predicted octanol–water partition coefficient (Wildman–Crippen LogP) is 2.88. The topological polar surface area (TPSA) is 46.5 Å². The van der Waals surface area contributed by atoms with E-state index in [2.05, 4.69) is 72.7 Å². The van der Waals surface area contributed by atoms with Crippen molar-refractivity contribution in [1.29, 1.82) is 0 Å². The van der Waals surface area contributed by atoms with Gasteiger partial charge in [-0.15, -0.1) is 0 Å². The van der Waals surface area contributed by atoms with Gasteiger partial charge >= 0.3 is 0 Å². The number of nitrogens with zero attached hydrogens (tertiary/aromatic N) is 3. The van der Waals surface area contributed by atoms with Crippen LogP contribution in [0.15, 0.2) is 24.7 Å². The average molecular weight is 246 g/mol. The quantitative estimate of drug-likeness (QED) is 0.905.